The smallest absolute Gasteiger partial charge is 0.230 e. The van der Waals surface area contributed by atoms with E-state index >= 15 is 0 Å². The number of hydrogen-bond acceptors (Lipinski definition) is 4. The Morgan fingerprint density at radius 2 is 2.32 bits per heavy atom. The van der Waals surface area contributed by atoms with Crippen LogP contribution >= 0.6 is 0 Å². The SMILES string of the molecule is COc1ccc2c(c1)CCN(C(=O)Cc1n[nH]c(C)n1)C2C. The summed E-state index contributed by atoms with van der Waals surface area (Å²) in [5.74, 6) is 2.21. The van der Waals surface area contributed by atoms with Gasteiger partial charge in [-0.05, 0) is 43.5 Å². The number of rotatable bonds is 3. The molecule has 3 rings (SSSR count). The lowest BCUT2D eigenvalue weighted by Gasteiger charge is -2.35. The molecule has 0 radical (unpaired) electrons. The molecule has 1 aromatic carbocycles. The highest BCUT2D eigenvalue weighted by atomic mass is 16.5. The highest BCUT2D eigenvalue weighted by Gasteiger charge is 2.28. The zero-order valence-electron chi connectivity index (χ0n) is 13.1. The van der Waals surface area contributed by atoms with Crippen LogP contribution in [0.25, 0.3) is 0 Å². The second-order valence-electron chi connectivity index (χ2n) is 5.59. The maximum Gasteiger partial charge on any atom is 0.230 e. The van der Waals surface area contributed by atoms with Crippen molar-refractivity contribution in [2.75, 3.05) is 13.7 Å². The molecule has 6 heteroatoms. The Morgan fingerprint density at radius 1 is 1.50 bits per heavy atom. The van der Waals surface area contributed by atoms with Crippen LogP contribution in [0, 0.1) is 6.92 Å². The van der Waals surface area contributed by atoms with Crippen LogP contribution in [0.15, 0.2) is 18.2 Å². The Hall–Kier alpha value is -2.37. The van der Waals surface area contributed by atoms with Crippen LogP contribution in [-0.2, 0) is 17.6 Å². The first-order valence-electron chi connectivity index (χ1n) is 7.42. The second kappa shape index (κ2) is 5.79. The van der Waals surface area contributed by atoms with Crippen molar-refractivity contribution in [2.45, 2.75) is 32.7 Å². The molecule has 0 fully saturated rings. The number of hydrogen-bond donors (Lipinski definition) is 1. The van der Waals surface area contributed by atoms with Crippen LogP contribution in [0.4, 0.5) is 0 Å². The summed E-state index contributed by atoms with van der Waals surface area (Å²) < 4.78 is 5.27. The van der Waals surface area contributed by atoms with Gasteiger partial charge >= 0.3 is 0 Å². The number of H-pyrrole nitrogens is 1. The molecule has 0 saturated heterocycles. The molecule has 0 spiro atoms. The molecule has 0 saturated carbocycles. The van der Waals surface area contributed by atoms with E-state index in [9.17, 15) is 4.79 Å². The number of ether oxygens (including phenoxy) is 1. The van der Waals surface area contributed by atoms with Gasteiger partial charge in [0.05, 0.1) is 19.6 Å². The molecule has 1 amide bonds. The van der Waals surface area contributed by atoms with Crippen LogP contribution in [0.3, 0.4) is 0 Å². The van der Waals surface area contributed by atoms with E-state index in [0.29, 0.717) is 12.4 Å². The van der Waals surface area contributed by atoms with E-state index in [2.05, 4.69) is 34.2 Å². The van der Waals surface area contributed by atoms with E-state index < -0.39 is 0 Å². The van der Waals surface area contributed by atoms with Crippen molar-refractivity contribution in [3.05, 3.63) is 41.0 Å². The Balaban J connectivity index is 1.77. The predicted octanol–water partition coefficient (Wildman–Crippen LogP) is 1.81. The number of aryl methyl sites for hydroxylation is 1. The fraction of sp³-hybridized carbons (Fsp3) is 0.438. The number of nitrogens with one attached hydrogen (secondary N) is 1. The van der Waals surface area contributed by atoms with Crippen molar-refractivity contribution >= 4 is 5.91 Å². The largest absolute Gasteiger partial charge is 0.497 e. The maximum absolute atomic E-state index is 12.5. The highest BCUT2D eigenvalue weighted by molar-refractivity contribution is 5.78. The van der Waals surface area contributed by atoms with E-state index in [1.807, 2.05) is 17.9 Å². The lowest BCUT2D eigenvalue weighted by Crippen LogP contribution is -2.39. The summed E-state index contributed by atoms with van der Waals surface area (Å²) in [5.41, 5.74) is 2.44. The first-order valence-corrected chi connectivity index (χ1v) is 7.42. The molecule has 1 aliphatic rings. The third-order valence-corrected chi connectivity index (χ3v) is 4.16. The number of nitrogens with zero attached hydrogens (tertiary/aromatic N) is 3. The number of fused-ring (bicyclic) bond motifs is 1. The fourth-order valence-electron chi connectivity index (χ4n) is 2.98. The van der Waals surface area contributed by atoms with Crippen LogP contribution in [0.5, 0.6) is 5.75 Å². The van der Waals surface area contributed by atoms with Gasteiger partial charge in [0.2, 0.25) is 5.91 Å². The van der Waals surface area contributed by atoms with E-state index in [0.717, 1.165) is 18.0 Å². The summed E-state index contributed by atoms with van der Waals surface area (Å²) in [6.07, 6.45) is 1.08. The Labute approximate surface area is 129 Å². The van der Waals surface area contributed by atoms with Crippen molar-refractivity contribution in [3.8, 4) is 5.75 Å². The number of amides is 1. The summed E-state index contributed by atoms with van der Waals surface area (Å²) in [6, 6.07) is 6.12. The monoisotopic (exact) mass is 300 g/mol. The van der Waals surface area contributed by atoms with E-state index in [-0.39, 0.29) is 18.4 Å². The quantitative estimate of drug-likeness (QED) is 0.938. The lowest BCUT2D eigenvalue weighted by molar-refractivity contribution is -0.133. The summed E-state index contributed by atoms with van der Waals surface area (Å²) in [4.78, 5) is 18.6. The lowest BCUT2D eigenvalue weighted by atomic mass is 9.93. The van der Waals surface area contributed by atoms with Gasteiger partial charge < -0.3 is 9.64 Å². The van der Waals surface area contributed by atoms with Gasteiger partial charge in [-0.2, -0.15) is 5.10 Å². The average molecular weight is 300 g/mol. The van der Waals surface area contributed by atoms with Crippen molar-refractivity contribution in [1.82, 2.24) is 20.1 Å². The van der Waals surface area contributed by atoms with E-state index in [1.165, 1.54) is 11.1 Å². The number of carbonyl (C=O) groups is 1. The van der Waals surface area contributed by atoms with Crippen molar-refractivity contribution in [1.29, 1.82) is 0 Å². The summed E-state index contributed by atoms with van der Waals surface area (Å²) >= 11 is 0. The molecule has 1 unspecified atom stereocenters. The van der Waals surface area contributed by atoms with Gasteiger partial charge in [0.15, 0.2) is 5.82 Å². The number of benzene rings is 1. The topological polar surface area (TPSA) is 71.1 Å². The van der Waals surface area contributed by atoms with Gasteiger partial charge in [0.1, 0.15) is 11.6 Å². The first kappa shape index (κ1) is 14.6. The van der Waals surface area contributed by atoms with Gasteiger partial charge in [0, 0.05) is 6.54 Å². The third-order valence-electron chi connectivity index (χ3n) is 4.16. The Bertz CT molecular complexity index is 695. The number of methoxy groups -OCH3 is 1. The summed E-state index contributed by atoms with van der Waals surface area (Å²) in [6.45, 7) is 4.60. The van der Waals surface area contributed by atoms with Crippen LogP contribution in [-0.4, -0.2) is 39.6 Å². The van der Waals surface area contributed by atoms with Crippen LogP contribution < -0.4 is 4.74 Å². The predicted molar refractivity (Wildman–Crippen MR) is 81.6 cm³/mol. The minimum atomic E-state index is 0.0576. The first-order chi connectivity index (χ1) is 10.6. The van der Waals surface area contributed by atoms with Crippen molar-refractivity contribution in [2.24, 2.45) is 0 Å². The number of carbonyl (C=O) groups excluding carboxylic acids is 1. The molecule has 1 aromatic heterocycles. The summed E-state index contributed by atoms with van der Waals surface area (Å²) in [5, 5.41) is 6.81. The van der Waals surface area contributed by atoms with Crippen LogP contribution in [0.2, 0.25) is 0 Å². The number of aromatic nitrogens is 3. The fourth-order valence-corrected chi connectivity index (χ4v) is 2.98. The van der Waals surface area contributed by atoms with Gasteiger partial charge in [-0.15, -0.1) is 0 Å². The second-order valence-corrected chi connectivity index (χ2v) is 5.59. The van der Waals surface area contributed by atoms with Crippen molar-refractivity contribution in [3.63, 3.8) is 0 Å². The molecule has 1 aliphatic heterocycles. The molecule has 22 heavy (non-hydrogen) atoms. The van der Waals surface area contributed by atoms with E-state index in [4.69, 9.17) is 4.74 Å². The normalized spacial score (nSPS) is 17.2. The van der Waals surface area contributed by atoms with Gasteiger partial charge in [-0.25, -0.2) is 4.98 Å². The molecular formula is C16H20N4O2. The third kappa shape index (κ3) is 2.68. The van der Waals surface area contributed by atoms with Crippen LogP contribution in [0.1, 0.15) is 35.7 Å². The Kier molecular flexibility index (Phi) is 3.83. The molecule has 6 nitrogen and oxygen atoms in total. The van der Waals surface area contributed by atoms with Gasteiger partial charge in [0.25, 0.3) is 0 Å². The highest BCUT2D eigenvalue weighted by Crippen LogP contribution is 2.32. The van der Waals surface area contributed by atoms with Crippen molar-refractivity contribution < 1.29 is 9.53 Å². The number of aromatic amines is 1. The average Bonchev–Trinajstić information content (AvgIpc) is 2.92. The van der Waals surface area contributed by atoms with Gasteiger partial charge in [-0.1, -0.05) is 6.07 Å². The molecule has 2 aromatic rings. The van der Waals surface area contributed by atoms with Gasteiger partial charge in [-0.3, -0.25) is 9.89 Å². The maximum atomic E-state index is 12.5. The molecule has 0 aliphatic carbocycles. The standard InChI is InChI=1S/C16H20N4O2/c1-10-14-5-4-13(22-3)8-12(14)6-7-20(10)16(21)9-15-17-11(2)18-19-15/h4-5,8,10H,6-7,9H2,1-3H3,(H,17,18,19). The minimum Gasteiger partial charge on any atom is -0.497 e. The molecule has 1 atom stereocenters. The minimum absolute atomic E-state index is 0.0576. The zero-order chi connectivity index (χ0) is 15.7. The molecular weight excluding hydrogens is 280 g/mol. The molecule has 1 N–H and O–H groups in total. The zero-order valence-corrected chi connectivity index (χ0v) is 13.1. The Morgan fingerprint density at radius 3 is 3.00 bits per heavy atom. The molecule has 2 heterocycles. The molecule has 0 bridgehead atoms. The summed E-state index contributed by atoms with van der Waals surface area (Å²) in [7, 11) is 1.67. The van der Waals surface area contributed by atoms with E-state index in [1.54, 1.807) is 7.11 Å². The molecule has 116 valence electrons.